The van der Waals surface area contributed by atoms with Crippen LogP contribution in [0.3, 0.4) is 0 Å². The molecule has 0 spiro atoms. The van der Waals surface area contributed by atoms with Gasteiger partial charge < -0.3 is 11.2 Å². The lowest BCUT2D eigenvalue weighted by atomic mass is 10.00. The second-order valence-electron chi connectivity index (χ2n) is 7.18. The molecule has 1 heterocycles. The van der Waals surface area contributed by atoms with Crippen molar-refractivity contribution < 1.29 is 9.18 Å². The second kappa shape index (κ2) is 9.18. The van der Waals surface area contributed by atoms with Crippen molar-refractivity contribution >= 4 is 28.4 Å². The molecule has 0 fully saturated rings. The lowest BCUT2D eigenvalue weighted by molar-refractivity contribution is -0.119. The van der Waals surface area contributed by atoms with E-state index in [1.807, 2.05) is 31.2 Å². The minimum Gasteiger partial charge on any atom is -0.349 e. The summed E-state index contributed by atoms with van der Waals surface area (Å²) in [6, 6.07) is 20.5. The molecule has 1 aromatic heterocycles. The molecular weight excluding hydrogens is 413 g/mol. The summed E-state index contributed by atoms with van der Waals surface area (Å²) < 4.78 is 15.2. The smallest absolute Gasteiger partial charge is 0.230 e. The number of hydrogen-bond donors (Lipinski definition) is 2. The van der Waals surface area contributed by atoms with Crippen LogP contribution in [0.1, 0.15) is 29.9 Å². The van der Waals surface area contributed by atoms with Gasteiger partial charge in [0, 0.05) is 6.42 Å². The van der Waals surface area contributed by atoms with Gasteiger partial charge in [0.1, 0.15) is 5.82 Å². The molecule has 4 aromatic rings. The second-order valence-corrected chi connectivity index (χ2v) is 8.13. The quantitative estimate of drug-likeness (QED) is 0.340. The third-order valence-corrected chi connectivity index (χ3v) is 5.98. The van der Waals surface area contributed by atoms with Crippen LogP contribution in [0.15, 0.2) is 71.9 Å². The number of benzene rings is 3. The number of hydrogen-bond acceptors (Lipinski definition) is 5. The molecule has 4 rings (SSSR count). The largest absolute Gasteiger partial charge is 0.349 e. The van der Waals surface area contributed by atoms with Crippen LogP contribution in [-0.4, -0.2) is 26.5 Å². The van der Waals surface area contributed by atoms with E-state index in [-0.39, 0.29) is 29.9 Å². The highest BCUT2D eigenvalue weighted by atomic mass is 32.2. The van der Waals surface area contributed by atoms with Gasteiger partial charge in [0.25, 0.3) is 0 Å². The van der Waals surface area contributed by atoms with Crippen LogP contribution in [0, 0.1) is 5.82 Å². The van der Waals surface area contributed by atoms with Crippen molar-refractivity contribution in [1.82, 2.24) is 20.2 Å². The number of halogens is 1. The maximum atomic E-state index is 13.9. The normalized spacial score (nSPS) is 12.1. The molecular formula is C23H22FN5OS. The van der Waals surface area contributed by atoms with Gasteiger partial charge in [0.2, 0.25) is 11.1 Å². The molecule has 0 aliphatic carbocycles. The molecule has 0 saturated heterocycles. The van der Waals surface area contributed by atoms with Gasteiger partial charge in [-0.05, 0) is 34.9 Å². The number of carbonyl (C=O) groups is 1. The van der Waals surface area contributed by atoms with Crippen LogP contribution >= 0.6 is 11.8 Å². The first-order chi connectivity index (χ1) is 15.0. The Morgan fingerprint density at radius 2 is 1.84 bits per heavy atom. The molecule has 1 unspecified atom stereocenters. The number of carbonyl (C=O) groups excluding carboxylic acids is 1. The molecule has 31 heavy (non-hydrogen) atoms. The minimum atomic E-state index is -0.318. The molecule has 0 aliphatic heterocycles. The number of nitrogens with one attached hydrogen (secondary N) is 1. The molecule has 3 N–H and O–H groups in total. The SMILES string of the molecule is CC(NC(=O)CSc1nnc(Cc2ccccc2F)n1N)c1cccc2ccccc12. The summed E-state index contributed by atoms with van der Waals surface area (Å²) in [4.78, 5) is 12.5. The zero-order chi connectivity index (χ0) is 21.8. The molecule has 1 atom stereocenters. The zero-order valence-electron chi connectivity index (χ0n) is 17.0. The fourth-order valence-corrected chi connectivity index (χ4v) is 4.14. The number of fused-ring (bicyclic) bond motifs is 1. The van der Waals surface area contributed by atoms with Crippen LogP contribution in [-0.2, 0) is 11.2 Å². The summed E-state index contributed by atoms with van der Waals surface area (Å²) in [6.45, 7) is 1.96. The molecule has 158 valence electrons. The van der Waals surface area contributed by atoms with Gasteiger partial charge in [-0.1, -0.05) is 72.4 Å². The highest BCUT2D eigenvalue weighted by molar-refractivity contribution is 7.99. The topological polar surface area (TPSA) is 85.8 Å². The number of nitrogens with two attached hydrogens (primary N) is 1. The fraction of sp³-hybridized carbons (Fsp3) is 0.174. The predicted octanol–water partition coefficient (Wildman–Crippen LogP) is 3.84. The lowest BCUT2D eigenvalue weighted by Gasteiger charge is -2.16. The van der Waals surface area contributed by atoms with Gasteiger partial charge in [0.05, 0.1) is 11.8 Å². The number of amides is 1. The maximum absolute atomic E-state index is 13.9. The average Bonchev–Trinajstić information content (AvgIpc) is 3.12. The Morgan fingerprint density at radius 1 is 1.10 bits per heavy atom. The van der Waals surface area contributed by atoms with Crippen LogP contribution in [0.25, 0.3) is 10.8 Å². The van der Waals surface area contributed by atoms with Gasteiger partial charge >= 0.3 is 0 Å². The Kier molecular flexibility index (Phi) is 6.18. The van der Waals surface area contributed by atoms with Gasteiger partial charge in [-0.3, -0.25) is 4.79 Å². The lowest BCUT2D eigenvalue weighted by Crippen LogP contribution is -2.28. The first-order valence-corrected chi connectivity index (χ1v) is 10.8. The van der Waals surface area contributed by atoms with E-state index in [1.165, 1.54) is 22.5 Å². The molecule has 0 radical (unpaired) electrons. The number of nitrogen functional groups attached to an aromatic ring is 1. The molecule has 0 aliphatic rings. The highest BCUT2D eigenvalue weighted by Gasteiger charge is 2.16. The first kappa shape index (κ1) is 20.9. The predicted molar refractivity (Wildman–Crippen MR) is 121 cm³/mol. The molecule has 3 aromatic carbocycles. The Hall–Kier alpha value is -3.39. The number of aromatic nitrogens is 3. The van der Waals surface area contributed by atoms with Gasteiger partial charge in [-0.25, -0.2) is 9.07 Å². The number of rotatable bonds is 7. The Morgan fingerprint density at radius 3 is 2.68 bits per heavy atom. The first-order valence-electron chi connectivity index (χ1n) is 9.85. The van der Waals surface area contributed by atoms with Gasteiger partial charge in [0.15, 0.2) is 5.82 Å². The number of nitrogens with zero attached hydrogens (tertiary/aromatic N) is 3. The zero-order valence-corrected chi connectivity index (χ0v) is 17.8. The Bertz CT molecular complexity index is 1220. The standard InChI is InChI=1S/C23H22FN5OS/c1-15(18-11-6-9-16-7-2-4-10-19(16)18)26-22(30)14-31-23-28-27-21(29(23)25)13-17-8-3-5-12-20(17)24/h2-12,15H,13-14,25H2,1H3,(H,26,30). The third kappa shape index (κ3) is 4.69. The molecule has 6 nitrogen and oxygen atoms in total. The van der Waals surface area contributed by atoms with Crippen molar-refractivity contribution in [2.45, 2.75) is 24.5 Å². The summed E-state index contributed by atoms with van der Waals surface area (Å²) in [5.74, 6) is 6.18. The van der Waals surface area contributed by atoms with E-state index >= 15 is 0 Å². The summed E-state index contributed by atoms with van der Waals surface area (Å²) >= 11 is 1.19. The maximum Gasteiger partial charge on any atom is 0.230 e. The minimum absolute atomic E-state index is 0.135. The van der Waals surface area contributed by atoms with Crippen molar-refractivity contribution in [2.75, 3.05) is 11.6 Å². The molecule has 0 bridgehead atoms. The van der Waals surface area contributed by atoms with Crippen LogP contribution in [0.5, 0.6) is 0 Å². The van der Waals surface area contributed by atoms with Crippen LogP contribution in [0.2, 0.25) is 0 Å². The monoisotopic (exact) mass is 435 g/mol. The van der Waals surface area contributed by atoms with E-state index in [2.05, 4.69) is 33.7 Å². The molecule has 8 heteroatoms. The van der Waals surface area contributed by atoms with E-state index in [9.17, 15) is 9.18 Å². The average molecular weight is 436 g/mol. The van der Waals surface area contributed by atoms with Crippen molar-refractivity contribution in [3.05, 3.63) is 89.5 Å². The fourth-order valence-electron chi connectivity index (χ4n) is 3.46. The van der Waals surface area contributed by atoms with Crippen LogP contribution in [0.4, 0.5) is 4.39 Å². The summed E-state index contributed by atoms with van der Waals surface area (Å²) in [6.07, 6.45) is 0.223. The van der Waals surface area contributed by atoms with Gasteiger partial charge in [-0.15, -0.1) is 10.2 Å². The highest BCUT2D eigenvalue weighted by Crippen LogP contribution is 2.24. The Labute approximate surface area is 183 Å². The van der Waals surface area contributed by atoms with Crippen molar-refractivity contribution in [3.8, 4) is 0 Å². The number of thioether (sulfide) groups is 1. The van der Waals surface area contributed by atoms with Crippen LogP contribution < -0.4 is 11.2 Å². The van der Waals surface area contributed by atoms with E-state index in [0.717, 1.165) is 16.3 Å². The van der Waals surface area contributed by atoms with E-state index in [1.54, 1.807) is 18.2 Å². The molecule has 0 saturated carbocycles. The van der Waals surface area contributed by atoms with E-state index in [4.69, 9.17) is 5.84 Å². The van der Waals surface area contributed by atoms with Gasteiger partial charge in [-0.2, -0.15) is 0 Å². The summed E-state index contributed by atoms with van der Waals surface area (Å²) in [5.41, 5.74) is 1.55. The third-order valence-electron chi connectivity index (χ3n) is 5.04. The van der Waals surface area contributed by atoms with Crippen molar-refractivity contribution in [3.63, 3.8) is 0 Å². The van der Waals surface area contributed by atoms with E-state index < -0.39 is 0 Å². The van der Waals surface area contributed by atoms with Crippen molar-refractivity contribution in [2.24, 2.45) is 0 Å². The summed E-state index contributed by atoms with van der Waals surface area (Å²) in [5, 5.41) is 13.8. The Balaban J connectivity index is 1.38. The molecule has 1 amide bonds. The van der Waals surface area contributed by atoms with E-state index in [0.29, 0.717) is 16.5 Å². The summed E-state index contributed by atoms with van der Waals surface area (Å²) in [7, 11) is 0. The van der Waals surface area contributed by atoms with Crippen molar-refractivity contribution in [1.29, 1.82) is 0 Å².